The molecule has 0 saturated heterocycles. The summed E-state index contributed by atoms with van der Waals surface area (Å²) >= 11 is 0. The highest BCUT2D eigenvalue weighted by Gasteiger charge is 2.23. The van der Waals surface area contributed by atoms with E-state index in [4.69, 9.17) is 10.2 Å². The van der Waals surface area contributed by atoms with Crippen molar-refractivity contribution in [3.05, 3.63) is 29.3 Å². The van der Waals surface area contributed by atoms with Crippen LogP contribution in [0.3, 0.4) is 0 Å². The van der Waals surface area contributed by atoms with Crippen LogP contribution in [0.4, 0.5) is 0 Å². The summed E-state index contributed by atoms with van der Waals surface area (Å²) in [5, 5.41) is 36.8. The molecule has 0 fully saturated rings. The van der Waals surface area contributed by atoms with Crippen molar-refractivity contribution in [2.75, 3.05) is 0 Å². The van der Waals surface area contributed by atoms with Crippen LogP contribution in [0.2, 0.25) is 0 Å². The number of aliphatic hydroxyl groups excluding tert-OH is 2. The minimum Gasteiger partial charge on any atom is -0.507 e. The first-order valence-electron chi connectivity index (χ1n) is 4.36. The van der Waals surface area contributed by atoms with Gasteiger partial charge in [-0.25, -0.2) is 4.79 Å². The Morgan fingerprint density at radius 2 is 1.93 bits per heavy atom. The predicted octanol–water partition coefficient (Wildman–Crippen LogP) is 0.505. The fraction of sp³-hybridized carbons (Fsp3) is 0.300. The normalized spacial score (nSPS) is 14.6. The molecule has 0 heterocycles. The van der Waals surface area contributed by atoms with E-state index in [1.165, 1.54) is 25.1 Å². The van der Waals surface area contributed by atoms with Crippen molar-refractivity contribution in [3.63, 3.8) is 0 Å². The van der Waals surface area contributed by atoms with E-state index in [2.05, 4.69) is 0 Å². The summed E-state index contributed by atoms with van der Waals surface area (Å²) in [6.45, 7) is 1.33. The van der Waals surface area contributed by atoms with E-state index in [0.717, 1.165) is 0 Å². The van der Waals surface area contributed by atoms with Crippen molar-refractivity contribution < 1.29 is 25.2 Å². The number of aromatic carboxylic acids is 1. The molecule has 1 aromatic rings. The molecule has 1 aromatic carbocycles. The molecule has 0 aromatic heterocycles. The summed E-state index contributed by atoms with van der Waals surface area (Å²) in [5.41, 5.74) is -0.386. The van der Waals surface area contributed by atoms with Crippen molar-refractivity contribution in [2.45, 2.75) is 19.1 Å². The molecule has 5 nitrogen and oxygen atoms in total. The van der Waals surface area contributed by atoms with E-state index < -0.39 is 23.9 Å². The molecular weight excluding hydrogens is 200 g/mol. The Bertz CT molecular complexity index is 372. The monoisotopic (exact) mass is 212 g/mol. The highest BCUT2D eigenvalue weighted by Crippen LogP contribution is 2.27. The Labute approximate surface area is 86.2 Å². The molecule has 4 N–H and O–H groups in total. The number of rotatable bonds is 3. The maximum atomic E-state index is 10.8. The zero-order valence-corrected chi connectivity index (χ0v) is 8.08. The Kier molecular flexibility index (Phi) is 3.28. The van der Waals surface area contributed by atoms with Gasteiger partial charge in [0.15, 0.2) is 0 Å². The standard InChI is InChI=1S/C10H12O5/c1-5(11)9(13)6-3-2-4-7(12)8(6)10(14)15/h2-5,9,11-13H,1H3,(H,14,15)/t5-,9+/m0/s1. The van der Waals surface area contributed by atoms with Crippen molar-refractivity contribution >= 4 is 5.97 Å². The topological polar surface area (TPSA) is 98.0 Å². The zero-order chi connectivity index (χ0) is 11.6. The average molecular weight is 212 g/mol. The summed E-state index contributed by atoms with van der Waals surface area (Å²) in [5.74, 6) is -1.78. The van der Waals surface area contributed by atoms with Crippen molar-refractivity contribution in [1.29, 1.82) is 0 Å². The first kappa shape index (κ1) is 11.5. The molecule has 5 heteroatoms. The van der Waals surface area contributed by atoms with Gasteiger partial charge in [-0.05, 0) is 13.0 Å². The third-order valence-electron chi connectivity index (χ3n) is 2.06. The Morgan fingerprint density at radius 3 is 2.40 bits per heavy atom. The molecule has 0 amide bonds. The Hall–Kier alpha value is -1.59. The van der Waals surface area contributed by atoms with Crippen LogP contribution in [0.5, 0.6) is 5.75 Å². The molecule has 0 saturated carbocycles. The van der Waals surface area contributed by atoms with Crippen molar-refractivity contribution in [2.24, 2.45) is 0 Å². The number of hydrogen-bond donors (Lipinski definition) is 4. The second-order valence-electron chi connectivity index (χ2n) is 3.23. The summed E-state index contributed by atoms with van der Waals surface area (Å²) in [4.78, 5) is 10.8. The molecule has 1 rings (SSSR count). The van der Waals surface area contributed by atoms with Gasteiger partial charge in [0, 0.05) is 5.56 Å². The lowest BCUT2D eigenvalue weighted by Gasteiger charge is -2.16. The molecule has 82 valence electrons. The molecular formula is C10H12O5. The lowest BCUT2D eigenvalue weighted by Crippen LogP contribution is -2.17. The average Bonchev–Trinajstić information content (AvgIpc) is 2.15. The fourth-order valence-electron chi connectivity index (χ4n) is 1.30. The van der Waals surface area contributed by atoms with Crippen LogP contribution in [0.15, 0.2) is 18.2 Å². The van der Waals surface area contributed by atoms with Crippen molar-refractivity contribution in [3.8, 4) is 5.75 Å². The van der Waals surface area contributed by atoms with Gasteiger partial charge in [0.2, 0.25) is 0 Å². The molecule has 0 radical (unpaired) electrons. The molecule has 2 atom stereocenters. The molecule has 0 aliphatic carbocycles. The van der Waals surface area contributed by atoms with Gasteiger partial charge in [-0.15, -0.1) is 0 Å². The van der Waals surface area contributed by atoms with Gasteiger partial charge in [-0.3, -0.25) is 0 Å². The number of carbonyl (C=O) groups is 1. The van der Waals surface area contributed by atoms with Crippen LogP contribution >= 0.6 is 0 Å². The zero-order valence-electron chi connectivity index (χ0n) is 8.08. The highest BCUT2D eigenvalue weighted by molar-refractivity contribution is 5.92. The van der Waals surface area contributed by atoms with Crippen LogP contribution in [0, 0.1) is 0 Å². The number of carboxylic acid groups (broad SMARTS) is 1. The van der Waals surface area contributed by atoms with E-state index in [1.807, 2.05) is 0 Å². The van der Waals surface area contributed by atoms with Gasteiger partial charge in [-0.2, -0.15) is 0 Å². The summed E-state index contributed by atoms with van der Waals surface area (Å²) in [6, 6.07) is 3.96. The SMILES string of the molecule is C[C@H](O)[C@@H](O)c1cccc(O)c1C(=O)O. The van der Waals surface area contributed by atoms with Gasteiger partial charge >= 0.3 is 5.97 Å². The maximum absolute atomic E-state index is 10.8. The third kappa shape index (κ3) is 2.26. The summed E-state index contributed by atoms with van der Waals surface area (Å²) in [7, 11) is 0. The number of benzene rings is 1. The van der Waals surface area contributed by atoms with Crippen molar-refractivity contribution in [1.82, 2.24) is 0 Å². The Morgan fingerprint density at radius 1 is 1.33 bits per heavy atom. The van der Waals surface area contributed by atoms with Gasteiger partial charge in [0.25, 0.3) is 0 Å². The molecule has 0 spiro atoms. The Balaban J connectivity index is 3.29. The van der Waals surface area contributed by atoms with E-state index in [1.54, 1.807) is 0 Å². The lowest BCUT2D eigenvalue weighted by atomic mass is 9.98. The second-order valence-corrected chi connectivity index (χ2v) is 3.23. The predicted molar refractivity (Wildman–Crippen MR) is 51.7 cm³/mol. The lowest BCUT2D eigenvalue weighted by molar-refractivity contribution is 0.0290. The minimum atomic E-state index is -1.34. The van der Waals surface area contributed by atoms with Gasteiger partial charge < -0.3 is 20.4 Å². The number of hydrogen-bond acceptors (Lipinski definition) is 4. The van der Waals surface area contributed by atoms with E-state index in [0.29, 0.717) is 0 Å². The molecule has 0 bridgehead atoms. The molecule has 0 aliphatic rings. The van der Waals surface area contributed by atoms with E-state index >= 15 is 0 Å². The largest absolute Gasteiger partial charge is 0.507 e. The minimum absolute atomic E-state index is 0.00231. The van der Waals surface area contributed by atoms with E-state index in [9.17, 15) is 15.0 Å². The number of aromatic hydroxyl groups is 1. The summed E-state index contributed by atoms with van der Waals surface area (Å²) in [6.07, 6.45) is -2.44. The smallest absolute Gasteiger partial charge is 0.339 e. The number of phenols is 1. The first-order chi connectivity index (χ1) is 6.95. The van der Waals surface area contributed by atoms with Crippen LogP contribution in [0.25, 0.3) is 0 Å². The first-order valence-corrected chi connectivity index (χ1v) is 4.36. The van der Waals surface area contributed by atoms with Gasteiger partial charge in [0.05, 0.1) is 6.10 Å². The fourth-order valence-corrected chi connectivity index (χ4v) is 1.30. The van der Waals surface area contributed by atoms with E-state index in [-0.39, 0.29) is 11.1 Å². The van der Waals surface area contributed by atoms with Crippen LogP contribution in [0.1, 0.15) is 28.9 Å². The quantitative estimate of drug-likeness (QED) is 0.585. The van der Waals surface area contributed by atoms with Gasteiger partial charge in [-0.1, -0.05) is 12.1 Å². The third-order valence-corrected chi connectivity index (χ3v) is 2.06. The molecule has 0 unspecified atom stereocenters. The highest BCUT2D eigenvalue weighted by atomic mass is 16.4. The molecule has 15 heavy (non-hydrogen) atoms. The summed E-state index contributed by atoms with van der Waals surface area (Å²) < 4.78 is 0. The number of aliphatic hydroxyl groups is 2. The van der Waals surface area contributed by atoms with Gasteiger partial charge in [0.1, 0.15) is 17.4 Å². The maximum Gasteiger partial charge on any atom is 0.339 e. The molecule has 0 aliphatic heterocycles. The number of carboxylic acids is 1. The van der Waals surface area contributed by atoms with Crippen LogP contribution in [-0.4, -0.2) is 32.5 Å². The van der Waals surface area contributed by atoms with Crippen LogP contribution < -0.4 is 0 Å². The second kappa shape index (κ2) is 4.29. The van der Waals surface area contributed by atoms with Crippen LogP contribution in [-0.2, 0) is 0 Å².